The van der Waals surface area contributed by atoms with Gasteiger partial charge in [0.25, 0.3) is 0 Å². The van der Waals surface area contributed by atoms with E-state index in [1.54, 1.807) is 6.92 Å². The number of hydrogen-bond donors (Lipinski definition) is 1. The van der Waals surface area contributed by atoms with Gasteiger partial charge in [0.05, 0.1) is 12.8 Å². The quantitative estimate of drug-likeness (QED) is 0.660. The summed E-state index contributed by atoms with van der Waals surface area (Å²) in [4.78, 5) is 17.8. The number of aryl methyl sites for hydroxylation is 1. The van der Waals surface area contributed by atoms with E-state index >= 15 is 0 Å². The second kappa shape index (κ2) is 3.66. The van der Waals surface area contributed by atoms with E-state index in [9.17, 15) is 4.79 Å². The van der Waals surface area contributed by atoms with Crippen LogP contribution in [0.5, 0.6) is 5.75 Å². The van der Waals surface area contributed by atoms with Gasteiger partial charge in [0, 0.05) is 0 Å². The molecule has 1 rings (SSSR count). The first-order valence-electron chi connectivity index (χ1n) is 3.35. The Kier molecular flexibility index (Phi) is 2.57. The molecule has 5 nitrogen and oxygen atoms in total. The summed E-state index contributed by atoms with van der Waals surface area (Å²) in [6.45, 7) is 1.77. The van der Waals surface area contributed by atoms with Crippen molar-refractivity contribution in [3.05, 3.63) is 12.0 Å². The standard InChI is InChI=1S/C7H9N3O2/c1-5-6(12-2)7(10-4-11)9-3-8-5/h3-4H,1-2H3,(H,8,9,10,11). The number of hydrogen-bond acceptors (Lipinski definition) is 4. The molecule has 1 N–H and O–H groups in total. The molecular weight excluding hydrogens is 158 g/mol. The van der Waals surface area contributed by atoms with Gasteiger partial charge >= 0.3 is 0 Å². The van der Waals surface area contributed by atoms with Crippen molar-refractivity contribution in [2.45, 2.75) is 6.92 Å². The van der Waals surface area contributed by atoms with Crippen LogP contribution in [0.3, 0.4) is 0 Å². The van der Waals surface area contributed by atoms with E-state index in [1.807, 2.05) is 0 Å². The molecule has 0 atom stereocenters. The molecule has 64 valence electrons. The highest BCUT2D eigenvalue weighted by molar-refractivity contribution is 5.72. The van der Waals surface area contributed by atoms with Gasteiger partial charge in [-0.3, -0.25) is 4.79 Å². The van der Waals surface area contributed by atoms with Gasteiger partial charge in [-0.2, -0.15) is 0 Å². The summed E-state index contributed by atoms with van der Waals surface area (Å²) >= 11 is 0. The first-order chi connectivity index (χ1) is 5.79. The Morgan fingerprint density at radius 2 is 2.33 bits per heavy atom. The molecule has 0 radical (unpaired) electrons. The summed E-state index contributed by atoms with van der Waals surface area (Å²) in [5.74, 6) is 0.879. The van der Waals surface area contributed by atoms with E-state index in [-0.39, 0.29) is 0 Å². The topological polar surface area (TPSA) is 64.1 Å². The van der Waals surface area contributed by atoms with Crippen molar-refractivity contribution < 1.29 is 9.53 Å². The van der Waals surface area contributed by atoms with E-state index in [0.29, 0.717) is 23.7 Å². The lowest BCUT2D eigenvalue weighted by Gasteiger charge is -2.06. The van der Waals surface area contributed by atoms with Crippen LogP contribution in [0, 0.1) is 6.92 Å². The van der Waals surface area contributed by atoms with Crippen LogP contribution in [0.4, 0.5) is 5.82 Å². The number of carbonyl (C=O) groups excluding carboxylic acids is 1. The number of anilines is 1. The van der Waals surface area contributed by atoms with Crippen LogP contribution in [0.25, 0.3) is 0 Å². The molecular formula is C7H9N3O2. The number of methoxy groups -OCH3 is 1. The highest BCUT2D eigenvalue weighted by Gasteiger charge is 2.06. The van der Waals surface area contributed by atoms with E-state index < -0.39 is 0 Å². The number of aromatic nitrogens is 2. The summed E-state index contributed by atoms with van der Waals surface area (Å²) in [5, 5.41) is 2.41. The highest BCUT2D eigenvalue weighted by atomic mass is 16.5. The van der Waals surface area contributed by atoms with Crippen molar-refractivity contribution >= 4 is 12.2 Å². The maximum atomic E-state index is 10.1. The number of rotatable bonds is 3. The molecule has 0 saturated heterocycles. The predicted octanol–water partition coefficient (Wildman–Crippen LogP) is 0.362. The number of carbonyl (C=O) groups is 1. The van der Waals surface area contributed by atoms with Crippen LogP contribution < -0.4 is 10.1 Å². The summed E-state index contributed by atoms with van der Waals surface area (Å²) in [6, 6.07) is 0. The Hall–Kier alpha value is -1.65. The summed E-state index contributed by atoms with van der Waals surface area (Å²) < 4.78 is 4.98. The monoisotopic (exact) mass is 167 g/mol. The minimum Gasteiger partial charge on any atom is -0.491 e. The number of nitrogens with one attached hydrogen (secondary N) is 1. The Morgan fingerprint density at radius 1 is 1.58 bits per heavy atom. The molecule has 12 heavy (non-hydrogen) atoms. The molecule has 0 aliphatic rings. The van der Waals surface area contributed by atoms with Gasteiger partial charge in [-0.05, 0) is 6.92 Å². The lowest BCUT2D eigenvalue weighted by Crippen LogP contribution is -2.02. The zero-order valence-electron chi connectivity index (χ0n) is 6.87. The normalized spacial score (nSPS) is 9.17. The van der Waals surface area contributed by atoms with E-state index in [2.05, 4.69) is 15.3 Å². The Labute approximate surface area is 69.8 Å². The second-order valence-corrected chi connectivity index (χ2v) is 2.10. The average molecular weight is 167 g/mol. The minimum atomic E-state index is 0.389. The van der Waals surface area contributed by atoms with Crippen molar-refractivity contribution in [1.29, 1.82) is 0 Å². The van der Waals surface area contributed by atoms with Gasteiger partial charge in [0.15, 0.2) is 11.6 Å². The van der Waals surface area contributed by atoms with Crippen molar-refractivity contribution in [3.8, 4) is 5.75 Å². The zero-order chi connectivity index (χ0) is 8.97. The van der Waals surface area contributed by atoms with Crippen LogP contribution >= 0.6 is 0 Å². The van der Waals surface area contributed by atoms with E-state index in [0.717, 1.165) is 0 Å². The Balaban J connectivity index is 3.08. The first-order valence-corrected chi connectivity index (χ1v) is 3.35. The lowest BCUT2D eigenvalue weighted by atomic mass is 10.4. The fourth-order valence-corrected chi connectivity index (χ4v) is 0.865. The molecule has 1 amide bonds. The SMILES string of the molecule is COc1c(C)ncnc1NC=O. The molecule has 0 aliphatic heterocycles. The molecule has 1 aromatic rings. The summed E-state index contributed by atoms with van der Waals surface area (Å²) in [7, 11) is 1.50. The van der Waals surface area contributed by atoms with Crippen LogP contribution in [-0.4, -0.2) is 23.5 Å². The summed E-state index contributed by atoms with van der Waals surface area (Å²) in [5.41, 5.74) is 0.692. The molecule has 1 heterocycles. The molecule has 0 aromatic carbocycles. The second-order valence-electron chi connectivity index (χ2n) is 2.10. The largest absolute Gasteiger partial charge is 0.491 e. The van der Waals surface area contributed by atoms with Gasteiger partial charge in [-0.15, -0.1) is 0 Å². The molecule has 5 heteroatoms. The number of ether oxygens (including phenoxy) is 1. The van der Waals surface area contributed by atoms with Crippen molar-refractivity contribution in [3.63, 3.8) is 0 Å². The third kappa shape index (κ3) is 1.50. The average Bonchev–Trinajstić information content (AvgIpc) is 2.05. The van der Waals surface area contributed by atoms with Crippen LogP contribution in [-0.2, 0) is 4.79 Å². The van der Waals surface area contributed by atoms with Crippen LogP contribution in [0.1, 0.15) is 5.69 Å². The van der Waals surface area contributed by atoms with Crippen LogP contribution in [0.2, 0.25) is 0 Å². The molecule has 0 saturated carbocycles. The molecule has 1 aromatic heterocycles. The fraction of sp³-hybridized carbons (Fsp3) is 0.286. The maximum absolute atomic E-state index is 10.1. The van der Waals surface area contributed by atoms with Crippen molar-refractivity contribution in [2.75, 3.05) is 12.4 Å². The summed E-state index contributed by atoms with van der Waals surface area (Å²) in [6.07, 6.45) is 1.91. The molecule has 0 spiro atoms. The molecule has 0 fully saturated rings. The Morgan fingerprint density at radius 3 is 2.92 bits per heavy atom. The van der Waals surface area contributed by atoms with E-state index in [1.165, 1.54) is 13.4 Å². The van der Waals surface area contributed by atoms with Gasteiger partial charge in [0.1, 0.15) is 6.33 Å². The van der Waals surface area contributed by atoms with E-state index in [4.69, 9.17) is 4.74 Å². The Bertz CT molecular complexity index is 288. The lowest BCUT2D eigenvalue weighted by molar-refractivity contribution is -0.105. The molecule has 0 bridgehead atoms. The number of amides is 1. The third-order valence-corrected chi connectivity index (χ3v) is 1.38. The molecule has 0 aliphatic carbocycles. The predicted molar refractivity (Wildman–Crippen MR) is 43.0 cm³/mol. The maximum Gasteiger partial charge on any atom is 0.212 e. The zero-order valence-corrected chi connectivity index (χ0v) is 6.87. The van der Waals surface area contributed by atoms with Crippen molar-refractivity contribution in [1.82, 2.24) is 9.97 Å². The number of nitrogens with zero attached hydrogens (tertiary/aromatic N) is 2. The minimum absolute atomic E-state index is 0.389. The van der Waals surface area contributed by atoms with Gasteiger partial charge in [0.2, 0.25) is 6.41 Å². The molecule has 0 unspecified atom stereocenters. The highest BCUT2D eigenvalue weighted by Crippen LogP contribution is 2.22. The first kappa shape index (κ1) is 8.45. The smallest absolute Gasteiger partial charge is 0.212 e. The third-order valence-electron chi connectivity index (χ3n) is 1.38. The van der Waals surface area contributed by atoms with Crippen molar-refractivity contribution in [2.24, 2.45) is 0 Å². The fourth-order valence-electron chi connectivity index (χ4n) is 0.865. The van der Waals surface area contributed by atoms with Gasteiger partial charge in [-0.25, -0.2) is 9.97 Å². The van der Waals surface area contributed by atoms with Crippen LogP contribution in [0.15, 0.2) is 6.33 Å². The van der Waals surface area contributed by atoms with Gasteiger partial charge < -0.3 is 10.1 Å². The van der Waals surface area contributed by atoms with Gasteiger partial charge in [-0.1, -0.05) is 0 Å².